The van der Waals surface area contributed by atoms with Crippen LogP contribution in [0.5, 0.6) is 0 Å². The second-order valence-corrected chi connectivity index (χ2v) is 2.97. The van der Waals surface area contributed by atoms with E-state index in [4.69, 9.17) is 21.1 Å². The molecule has 1 heterocycles. The van der Waals surface area contributed by atoms with E-state index in [0.29, 0.717) is 17.2 Å². The molecule has 1 aromatic rings. The molecule has 0 aliphatic rings. The van der Waals surface area contributed by atoms with E-state index in [9.17, 15) is 0 Å². The van der Waals surface area contributed by atoms with E-state index >= 15 is 0 Å². The number of aliphatic imine (C=N–C) groups is 2. The molecule has 1 aromatic heterocycles. The highest BCUT2D eigenvalue weighted by Crippen LogP contribution is 2.19. The number of aliphatic hydroxyl groups is 1. The average Bonchev–Trinajstić information content (AvgIpc) is 2.73. The van der Waals surface area contributed by atoms with Crippen molar-refractivity contribution in [2.24, 2.45) is 9.98 Å². The fraction of sp³-hybridized carbons (Fsp3) is 0.200. The summed E-state index contributed by atoms with van der Waals surface area (Å²) in [6, 6.07) is 3.38. The van der Waals surface area contributed by atoms with Gasteiger partial charge in [0.15, 0.2) is 5.76 Å². The van der Waals surface area contributed by atoms with Crippen LogP contribution in [0.4, 0.5) is 0 Å². The van der Waals surface area contributed by atoms with Gasteiger partial charge in [-0.3, -0.25) is 0 Å². The summed E-state index contributed by atoms with van der Waals surface area (Å²) in [6.07, 6.45) is 1.73. The van der Waals surface area contributed by atoms with Crippen LogP contribution >= 0.6 is 11.6 Å². The Kier molecular flexibility index (Phi) is 4.27. The molecule has 0 aliphatic carbocycles. The highest BCUT2D eigenvalue weighted by atomic mass is 35.5. The lowest BCUT2D eigenvalue weighted by molar-refractivity contribution is 0.246. The van der Waals surface area contributed by atoms with Crippen molar-refractivity contribution in [1.29, 1.82) is 0 Å². The summed E-state index contributed by atoms with van der Waals surface area (Å²) < 4.78 is 5.29. The van der Waals surface area contributed by atoms with E-state index in [2.05, 4.69) is 16.7 Å². The molecule has 1 rings (SSSR count). The Bertz CT molecular complexity index is 407. The Hall–Kier alpha value is -1.39. The third kappa shape index (κ3) is 3.04. The maximum atomic E-state index is 8.83. The van der Waals surface area contributed by atoms with Gasteiger partial charge in [0.1, 0.15) is 18.1 Å². The molecule has 0 aliphatic heterocycles. The molecule has 15 heavy (non-hydrogen) atoms. The second kappa shape index (κ2) is 5.48. The maximum absolute atomic E-state index is 8.83. The van der Waals surface area contributed by atoms with Crippen molar-refractivity contribution >= 4 is 29.3 Å². The Morgan fingerprint density at radius 1 is 1.67 bits per heavy atom. The molecule has 1 N–H and O–H groups in total. The minimum atomic E-state index is -0.145. The fourth-order valence-electron chi connectivity index (χ4n) is 0.997. The smallest absolute Gasteiger partial charge is 0.222 e. The number of nitrogens with zero attached hydrogens (tertiary/aromatic N) is 2. The first-order chi connectivity index (χ1) is 7.21. The quantitative estimate of drug-likeness (QED) is 0.489. The van der Waals surface area contributed by atoms with E-state index in [1.54, 1.807) is 25.1 Å². The van der Waals surface area contributed by atoms with Crippen LogP contribution in [-0.4, -0.2) is 17.1 Å². The van der Waals surface area contributed by atoms with Gasteiger partial charge in [-0.2, -0.15) is 0 Å². The maximum Gasteiger partial charge on any atom is 0.222 e. The number of amidine groups is 1. The van der Waals surface area contributed by atoms with Gasteiger partial charge in [-0.05, 0) is 37.4 Å². The summed E-state index contributed by atoms with van der Waals surface area (Å²) in [6.45, 7) is 4.91. The Balaban J connectivity index is 2.98. The molecule has 0 aromatic carbocycles. The van der Waals surface area contributed by atoms with E-state index in [1.807, 2.05) is 0 Å². The average molecular weight is 227 g/mol. The lowest BCUT2D eigenvalue weighted by Gasteiger charge is -1.96. The molecule has 0 amide bonds. The molecule has 0 atom stereocenters. The number of hydrogen-bond donors (Lipinski definition) is 1. The Morgan fingerprint density at radius 3 is 2.87 bits per heavy atom. The lowest BCUT2D eigenvalue weighted by Crippen LogP contribution is -1.83. The molecule has 0 bridgehead atoms. The zero-order valence-corrected chi connectivity index (χ0v) is 9.03. The van der Waals surface area contributed by atoms with Crippen LogP contribution in [0, 0.1) is 0 Å². The van der Waals surface area contributed by atoms with Crippen molar-refractivity contribution in [3.63, 3.8) is 0 Å². The Labute approximate surface area is 92.6 Å². The highest BCUT2D eigenvalue weighted by molar-refractivity contribution is 6.65. The molecule has 0 radical (unpaired) electrons. The van der Waals surface area contributed by atoms with Crippen LogP contribution < -0.4 is 0 Å². The minimum Gasteiger partial charge on any atom is -0.457 e. The van der Waals surface area contributed by atoms with Gasteiger partial charge in [0.2, 0.25) is 5.29 Å². The normalized spacial score (nSPS) is 13.0. The predicted octanol–water partition coefficient (Wildman–Crippen LogP) is 2.43. The predicted molar refractivity (Wildman–Crippen MR) is 61.1 cm³/mol. The van der Waals surface area contributed by atoms with Crippen molar-refractivity contribution in [3.05, 3.63) is 29.7 Å². The lowest BCUT2D eigenvalue weighted by atomic mass is 10.3. The van der Waals surface area contributed by atoms with Crippen molar-refractivity contribution in [2.75, 3.05) is 0 Å². The van der Waals surface area contributed by atoms with E-state index in [1.165, 1.54) is 0 Å². The number of allylic oxidation sites excluding steroid dienone is 1. The number of rotatable bonds is 3. The molecule has 0 unspecified atom stereocenters. The van der Waals surface area contributed by atoms with E-state index in [0.717, 1.165) is 0 Å². The molecule has 0 fully saturated rings. The summed E-state index contributed by atoms with van der Waals surface area (Å²) in [5.41, 5.74) is 0.548. The minimum absolute atomic E-state index is 0.0463. The van der Waals surface area contributed by atoms with Gasteiger partial charge in [0, 0.05) is 0 Å². The molecule has 80 valence electrons. The third-order valence-electron chi connectivity index (χ3n) is 1.69. The fourth-order valence-corrected chi connectivity index (χ4v) is 1.09. The first kappa shape index (κ1) is 11.7. The topological polar surface area (TPSA) is 58.1 Å². The molecule has 5 heteroatoms. The van der Waals surface area contributed by atoms with Crippen molar-refractivity contribution in [3.8, 4) is 0 Å². The standard InChI is InChI=1S/C10H11ClN2O2/c1-3-8(13-10(11)12-2)9-5-4-7(6-14)15-9/h3-5,14H,2,6H2,1H3/b8-3-,13-10?. The second-order valence-electron chi connectivity index (χ2n) is 2.64. The first-order valence-electron chi connectivity index (χ1n) is 4.28. The molecule has 0 saturated heterocycles. The van der Waals surface area contributed by atoms with Crippen LogP contribution in [0.25, 0.3) is 5.70 Å². The molecule has 4 nitrogen and oxygen atoms in total. The van der Waals surface area contributed by atoms with Gasteiger partial charge in [-0.1, -0.05) is 6.08 Å². The van der Waals surface area contributed by atoms with E-state index < -0.39 is 0 Å². The van der Waals surface area contributed by atoms with Crippen molar-refractivity contribution in [2.45, 2.75) is 13.5 Å². The summed E-state index contributed by atoms with van der Waals surface area (Å²) >= 11 is 5.62. The molecular weight excluding hydrogens is 216 g/mol. The SMILES string of the molecule is C=NC(Cl)=N/C(=C\C)c1ccc(CO)o1. The molecule has 0 spiro atoms. The zero-order chi connectivity index (χ0) is 11.3. The number of aliphatic hydroxyl groups excluding tert-OH is 1. The first-order valence-corrected chi connectivity index (χ1v) is 4.66. The summed E-state index contributed by atoms with van der Waals surface area (Å²) in [5.74, 6) is 1.01. The van der Waals surface area contributed by atoms with Gasteiger partial charge in [-0.15, -0.1) is 0 Å². The van der Waals surface area contributed by atoms with Gasteiger partial charge in [0.05, 0.1) is 0 Å². The van der Waals surface area contributed by atoms with Gasteiger partial charge < -0.3 is 9.52 Å². The number of furan rings is 1. The molecule has 0 saturated carbocycles. The van der Waals surface area contributed by atoms with Crippen LogP contribution in [0.1, 0.15) is 18.4 Å². The highest BCUT2D eigenvalue weighted by Gasteiger charge is 2.06. The van der Waals surface area contributed by atoms with Crippen molar-refractivity contribution < 1.29 is 9.52 Å². The van der Waals surface area contributed by atoms with Gasteiger partial charge in [0.25, 0.3) is 0 Å². The number of halogens is 1. The monoisotopic (exact) mass is 226 g/mol. The number of hydrogen-bond acceptors (Lipinski definition) is 3. The van der Waals surface area contributed by atoms with Gasteiger partial charge >= 0.3 is 0 Å². The van der Waals surface area contributed by atoms with Crippen LogP contribution in [0.2, 0.25) is 0 Å². The van der Waals surface area contributed by atoms with Crippen LogP contribution in [0.3, 0.4) is 0 Å². The van der Waals surface area contributed by atoms with Crippen LogP contribution in [-0.2, 0) is 6.61 Å². The van der Waals surface area contributed by atoms with Crippen molar-refractivity contribution in [1.82, 2.24) is 0 Å². The largest absolute Gasteiger partial charge is 0.457 e. The van der Waals surface area contributed by atoms with Gasteiger partial charge in [-0.25, -0.2) is 9.98 Å². The molecular formula is C10H11ClN2O2. The Morgan fingerprint density at radius 2 is 2.40 bits per heavy atom. The zero-order valence-electron chi connectivity index (χ0n) is 8.27. The van der Waals surface area contributed by atoms with Crippen LogP contribution in [0.15, 0.2) is 32.6 Å². The summed E-state index contributed by atoms with van der Waals surface area (Å²) in [7, 11) is 0. The summed E-state index contributed by atoms with van der Waals surface area (Å²) in [4.78, 5) is 7.43. The third-order valence-corrected chi connectivity index (χ3v) is 1.89. The summed E-state index contributed by atoms with van der Waals surface area (Å²) in [5, 5.41) is 8.88. The van der Waals surface area contributed by atoms with E-state index in [-0.39, 0.29) is 11.9 Å².